The van der Waals surface area contributed by atoms with Gasteiger partial charge in [0.1, 0.15) is 5.82 Å². The average Bonchev–Trinajstić information content (AvgIpc) is 2.78. The number of amides is 1. The number of ether oxygens (including phenoxy) is 2. The molecule has 150 valence electrons. The van der Waals surface area contributed by atoms with Crippen molar-refractivity contribution in [1.29, 1.82) is 0 Å². The van der Waals surface area contributed by atoms with Gasteiger partial charge in [-0.25, -0.2) is 4.98 Å². The van der Waals surface area contributed by atoms with E-state index in [4.69, 9.17) is 9.47 Å². The highest BCUT2D eigenvalue weighted by atomic mass is 16.5. The Morgan fingerprint density at radius 1 is 0.931 bits per heavy atom. The number of rotatable bonds is 8. The number of benzene rings is 2. The number of carbonyl (C=O) groups excluding carboxylic acids is 1. The third-order valence-corrected chi connectivity index (χ3v) is 4.56. The van der Waals surface area contributed by atoms with Crippen LogP contribution in [0.4, 0.5) is 11.5 Å². The highest BCUT2D eigenvalue weighted by Crippen LogP contribution is 2.27. The number of nitrogens with zero attached hydrogens (tertiary/aromatic N) is 1. The zero-order chi connectivity index (χ0) is 20.6. The molecule has 2 N–H and O–H groups in total. The molecule has 0 radical (unpaired) electrons. The first-order valence-corrected chi connectivity index (χ1v) is 9.44. The molecular formula is C23H25N3O3. The Labute approximate surface area is 170 Å². The molecular weight excluding hydrogens is 366 g/mol. The molecule has 3 rings (SSSR count). The van der Waals surface area contributed by atoms with Crippen molar-refractivity contribution >= 4 is 17.4 Å². The number of aromatic nitrogens is 1. The van der Waals surface area contributed by atoms with Crippen molar-refractivity contribution in [2.24, 2.45) is 0 Å². The topological polar surface area (TPSA) is 72.5 Å². The monoisotopic (exact) mass is 391 g/mol. The van der Waals surface area contributed by atoms with Crippen LogP contribution in [-0.2, 0) is 13.0 Å². The van der Waals surface area contributed by atoms with Crippen molar-refractivity contribution in [3.05, 3.63) is 77.5 Å². The maximum absolute atomic E-state index is 12.6. The molecule has 0 spiro atoms. The van der Waals surface area contributed by atoms with Crippen LogP contribution >= 0.6 is 0 Å². The lowest BCUT2D eigenvalue weighted by atomic mass is 10.1. The van der Waals surface area contributed by atoms with Crippen LogP contribution in [0.15, 0.2) is 60.8 Å². The summed E-state index contributed by atoms with van der Waals surface area (Å²) in [5.74, 6) is 1.72. The van der Waals surface area contributed by atoms with Crippen molar-refractivity contribution in [2.45, 2.75) is 19.9 Å². The van der Waals surface area contributed by atoms with Crippen molar-refractivity contribution < 1.29 is 14.3 Å². The Kier molecular flexibility index (Phi) is 6.68. The number of aryl methyl sites for hydroxylation is 1. The van der Waals surface area contributed by atoms with Gasteiger partial charge in [-0.3, -0.25) is 4.79 Å². The molecule has 0 saturated heterocycles. The molecule has 6 nitrogen and oxygen atoms in total. The fraction of sp³-hybridized carbons (Fsp3) is 0.217. The fourth-order valence-electron chi connectivity index (χ4n) is 2.89. The predicted molar refractivity (Wildman–Crippen MR) is 114 cm³/mol. The zero-order valence-corrected chi connectivity index (χ0v) is 16.9. The van der Waals surface area contributed by atoms with E-state index in [1.807, 2.05) is 30.3 Å². The molecule has 0 aliphatic rings. The summed E-state index contributed by atoms with van der Waals surface area (Å²) in [7, 11) is 3.17. The number of hydrogen-bond acceptors (Lipinski definition) is 5. The van der Waals surface area contributed by atoms with Crippen molar-refractivity contribution in [1.82, 2.24) is 10.3 Å². The molecule has 0 atom stereocenters. The first kappa shape index (κ1) is 20.2. The number of hydrogen-bond donors (Lipinski definition) is 2. The summed E-state index contributed by atoms with van der Waals surface area (Å²) >= 11 is 0. The predicted octanol–water partition coefficient (Wildman–Crippen LogP) is 4.33. The quantitative estimate of drug-likeness (QED) is 0.598. The van der Waals surface area contributed by atoms with Crippen molar-refractivity contribution in [2.75, 3.05) is 19.5 Å². The van der Waals surface area contributed by atoms with Gasteiger partial charge in [0.2, 0.25) is 0 Å². The van der Waals surface area contributed by atoms with E-state index in [-0.39, 0.29) is 5.91 Å². The lowest BCUT2D eigenvalue weighted by molar-refractivity contribution is 0.0951. The highest BCUT2D eigenvalue weighted by Gasteiger charge is 2.09. The molecule has 29 heavy (non-hydrogen) atoms. The second-order valence-electron chi connectivity index (χ2n) is 6.48. The van der Waals surface area contributed by atoms with Gasteiger partial charge in [-0.05, 0) is 53.9 Å². The third kappa shape index (κ3) is 5.25. The Balaban J connectivity index is 1.64. The Morgan fingerprint density at radius 2 is 1.66 bits per heavy atom. The molecule has 6 heteroatoms. The van der Waals surface area contributed by atoms with E-state index in [2.05, 4.69) is 34.7 Å². The second kappa shape index (κ2) is 9.59. The molecule has 0 aliphatic carbocycles. The molecule has 0 saturated carbocycles. The van der Waals surface area contributed by atoms with Crippen LogP contribution in [-0.4, -0.2) is 25.1 Å². The number of anilines is 2. The molecule has 0 aliphatic heterocycles. The number of pyridine rings is 1. The van der Waals surface area contributed by atoms with Crippen LogP contribution in [0.3, 0.4) is 0 Å². The summed E-state index contributed by atoms with van der Waals surface area (Å²) in [5, 5.41) is 6.15. The summed E-state index contributed by atoms with van der Waals surface area (Å²) in [4.78, 5) is 16.9. The van der Waals surface area contributed by atoms with E-state index in [1.165, 1.54) is 5.56 Å². The van der Waals surface area contributed by atoms with Gasteiger partial charge in [-0.2, -0.15) is 0 Å². The summed E-state index contributed by atoms with van der Waals surface area (Å²) in [6, 6.07) is 17.1. The third-order valence-electron chi connectivity index (χ3n) is 4.56. The minimum atomic E-state index is -0.174. The Morgan fingerprint density at radius 3 is 2.34 bits per heavy atom. The largest absolute Gasteiger partial charge is 0.493 e. The van der Waals surface area contributed by atoms with Crippen molar-refractivity contribution in [3.8, 4) is 11.5 Å². The molecule has 2 aromatic carbocycles. The van der Waals surface area contributed by atoms with Gasteiger partial charge < -0.3 is 20.1 Å². The average molecular weight is 391 g/mol. The van der Waals surface area contributed by atoms with E-state index in [0.717, 1.165) is 17.7 Å². The molecule has 0 unspecified atom stereocenters. The van der Waals surface area contributed by atoms with E-state index >= 15 is 0 Å². The molecule has 0 bridgehead atoms. The zero-order valence-electron chi connectivity index (χ0n) is 16.9. The Hall–Kier alpha value is -3.54. The van der Waals surface area contributed by atoms with Gasteiger partial charge in [-0.15, -0.1) is 0 Å². The molecule has 1 heterocycles. The van der Waals surface area contributed by atoms with Crippen LogP contribution in [0, 0.1) is 0 Å². The Bertz CT molecular complexity index is 971. The van der Waals surface area contributed by atoms with Crippen LogP contribution < -0.4 is 20.1 Å². The first-order chi connectivity index (χ1) is 14.1. The van der Waals surface area contributed by atoms with Gasteiger partial charge in [0.05, 0.1) is 14.2 Å². The fourth-order valence-corrected chi connectivity index (χ4v) is 2.89. The SMILES string of the molecule is CCc1ccc(Nc2cc(C(=O)NCc3ccc(OC)c(OC)c3)ccn2)cc1. The maximum Gasteiger partial charge on any atom is 0.251 e. The minimum Gasteiger partial charge on any atom is -0.493 e. The maximum atomic E-state index is 12.6. The summed E-state index contributed by atoms with van der Waals surface area (Å²) < 4.78 is 10.5. The normalized spacial score (nSPS) is 10.3. The summed E-state index contributed by atoms with van der Waals surface area (Å²) in [6.45, 7) is 2.50. The molecule has 0 fully saturated rings. The van der Waals surface area contributed by atoms with E-state index in [1.54, 1.807) is 32.5 Å². The highest BCUT2D eigenvalue weighted by molar-refractivity contribution is 5.94. The number of carbonyl (C=O) groups is 1. The summed E-state index contributed by atoms with van der Waals surface area (Å²) in [5.41, 5.74) is 3.65. The summed E-state index contributed by atoms with van der Waals surface area (Å²) in [6.07, 6.45) is 2.61. The molecule has 1 aromatic heterocycles. The van der Waals surface area contributed by atoms with Crippen LogP contribution in [0.5, 0.6) is 11.5 Å². The van der Waals surface area contributed by atoms with Gasteiger partial charge in [0.15, 0.2) is 11.5 Å². The lowest BCUT2D eigenvalue weighted by Gasteiger charge is -2.11. The minimum absolute atomic E-state index is 0.174. The van der Waals surface area contributed by atoms with Gasteiger partial charge in [0, 0.05) is 24.0 Å². The van der Waals surface area contributed by atoms with Crippen LogP contribution in [0.2, 0.25) is 0 Å². The van der Waals surface area contributed by atoms with Crippen LogP contribution in [0.25, 0.3) is 0 Å². The van der Waals surface area contributed by atoms with Gasteiger partial charge in [-0.1, -0.05) is 25.1 Å². The molecule has 3 aromatic rings. The van der Waals surface area contributed by atoms with Gasteiger partial charge >= 0.3 is 0 Å². The first-order valence-electron chi connectivity index (χ1n) is 9.44. The van der Waals surface area contributed by atoms with Gasteiger partial charge in [0.25, 0.3) is 5.91 Å². The van der Waals surface area contributed by atoms with Crippen molar-refractivity contribution in [3.63, 3.8) is 0 Å². The smallest absolute Gasteiger partial charge is 0.251 e. The van der Waals surface area contributed by atoms with E-state index < -0.39 is 0 Å². The second-order valence-corrected chi connectivity index (χ2v) is 6.48. The van der Waals surface area contributed by atoms with E-state index in [0.29, 0.717) is 29.4 Å². The van der Waals surface area contributed by atoms with Crippen LogP contribution in [0.1, 0.15) is 28.4 Å². The van der Waals surface area contributed by atoms with E-state index in [9.17, 15) is 4.79 Å². The lowest BCUT2D eigenvalue weighted by Crippen LogP contribution is -2.23. The molecule has 1 amide bonds. The number of nitrogens with one attached hydrogen (secondary N) is 2. The number of methoxy groups -OCH3 is 2. The standard InChI is InChI=1S/C23H25N3O3/c1-4-16-5-8-19(9-6-16)26-22-14-18(11-12-24-22)23(27)25-15-17-7-10-20(28-2)21(13-17)29-3/h5-14H,4,15H2,1-3H3,(H,24,26)(H,25,27).